The molecule has 0 atom stereocenters. The molecule has 0 aliphatic carbocycles. The van der Waals surface area contributed by atoms with E-state index in [0.717, 1.165) is 26.1 Å². The quantitative estimate of drug-likeness (QED) is 0.662. The van der Waals surface area contributed by atoms with E-state index in [-0.39, 0.29) is 23.8 Å². The fourth-order valence-electron chi connectivity index (χ4n) is 3.39. The van der Waals surface area contributed by atoms with Gasteiger partial charge in [-0.2, -0.15) is 0 Å². The molecule has 2 aromatic rings. The molecule has 156 valence electrons. The predicted octanol–water partition coefficient (Wildman–Crippen LogP) is 2.85. The fraction of sp³-hybridized carbons (Fsp3) is 0.381. The lowest BCUT2D eigenvalue weighted by Crippen LogP contribution is -2.37. The van der Waals surface area contributed by atoms with Crippen molar-refractivity contribution in [3.63, 3.8) is 0 Å². The number of hydrogen-bond acceptors (Lipinski definition) is 4. The zero-order valence-electron chi connectivity index (χ0n) is 16.3. The average Bonchev–Trinajstić information content (AvgIpc) is 2.94. The fourth-order valence-corrected chi connectivity index (χ4v) is 5.02. The van der Waals surface area contributed by atoms with Crippen LogP contribution in [0.1, 0.15) is 18.4 Å². The minimum Gasteiger partial charge on any atom is -0.341 e. The van der Waals surface area contributed by atoms with Crippen LogP contribution in [0.3, 0.4) is 0 Å². The monoisotopic (exact) mass is 479 g/mol. The lowest BCUT2D eigenvalue weighted by molar-refractivity contribution is -0.130. The van der Waals surface area contributed by atoms with Crippen molar-refractivity contribution in [3.8, 4) is 0 Å². The molecule has 0 saturated carbocycles. The number of nitrogens with one attached hydrogen (secondary N) is 1. The molecule has 1 amide bonds. The van der Waals surface area contributed by atoms with Gasteiger partial charge in [0.05, 0.1) is 4.90 Å². The van der Waals surface area contributed by atoms with Crippen LogP contribution >= 0.6 is 15.9 Å². The maximum Gasteiger partial charge on any atom is 0.240 e. The second kappa shape index (κ2) is 10.3. The van der Waals surface area contributed by atoms with Gasteiger partial charge in [0.25, 0.3) is 0 Å². The molecule has 0 radical (unpaired) electrons. The first kappa shape index (κ1) is 22.0. The molecule has 1 saturated heterocycles. The van der Waals surface area contributed by atoms with Gasteiger partial charge >= 0.3 is 0 Å². The van der Waals surface area contributed by atoms with Crippen molar-refractivity contribution in [3.05, 3.63) is 64.6 Å². The average molecular weight is 480 g/mol. The van der Waals surface area contributed by atoms with Crippen LogP contribution in [0.15, 0.2) is 64.0 Å². The van der Waals surface area contributed by atoms with Crippen molar-refractivity contribution in [1.82, 2.24) is 14.5 Å². The lowest BCUT2D eigenvalue weighted by atomic mass is 10.2. The molecule has 1 aliphatic rings. The standard InChI is InChI=1S/C21H26BrN3O3S/c22-19-8-4-9-20(16-19)29(27,28)23-11-10-21(26)25-13-5-12-24(14-15-25)17-18-6-2-1-3-7-18/h1-4,6-9,16,23H,5,10-15,17H2. The van der Waals surface area contributed by atoms with E-state index in [1.807, 2.05) is 23.1 Å². The van der Waals surface area contributed by atoms with E-state index in [0.29, 0.717) is 17.6 Å². The molecular formula is C21H26BrN3O3S. The highest BCUT2D eigenvalue weighted by molar-refractivity contribution is 9.10. The van der Waals surface area contributed by atoms with Gasteiger partial charge in [0, 0.05) is 50.2 Å². The van der Waals surface area contributed by atoms with Gasteiger partial charge in [0.2, 0.25) is 15.9 Å². The SMILES string of the molecule is O=C(CCNS(=O)(=O)c1cccc(Br)c1)N1CCCN(Cc2ccccc2)CC1. The highest BCUT2D eigenvalue weighted by Gasteiger charge is 2.20. The first-order valence-electron chi connectivity index (χ1n) is 9.73. The van der Waals surface area contributed by atoms with Crippen molar-refractivity contribution in [2.45, 2.75) is 24.3 Å². The van der Waals surface area contributed by atoms with Crippen molar-refractivity contribution < 1.29 is 13.2 Å². The Kier molecular flexibility index (Phi) is 7.83. The second-order valence-corrected chi connectivity index (χ2v) is 9.78. The van der Waals surface area contributed by atoms with Gasteiger partial charge in [-0.3, -0.25) is 9.69 Å². The molecule has 2 aromatic carbocycles. The molecule has 29 heavy (non-hydrogen) atoms. The normalized spacial score (nSPS) is 15.8. The summed E-state index contributed by atoms with van der Waals surface area (Å²) in [6.45, 7) is 4.14. The van der Waals surface area contributed by atoms with Crippen molar-refractivity contribution >= 4 is 31.9 Å². The van der Waals surface area contributed by atoms with Crippen LogP contribution in [0.4, 0.5) is 0 Å². The number of nitrogens with zero attached hydrogens (tertiary/aromatic N) is 2. The Morgan fingerprint density at radius 1 is 1.00 bits per heavy atom. The van der Waals surface area contributed by atoms with E-state index in [2.05, 4.69) is 37.7 Å². The minimum absolute atomic E-state index is 0.0106. The molecule has 0 aromatic heterocycles. The van der Waals surface area contributed by atoms with Crippen LogP contribution in [-0.2, 0) is 21.4 Å². The largest absolute Gasteiger partial charge is 0.341 e. The highest BCUT2D eigenvalue weighted by atomic mass is 79.9. The molecule has 8 heteroatoms. The van der Waals surface area contributed by atoms with E-state index >= 15 is 0 Å². The van der Waals surface area contributed by atoms with Crippen molar-refractivity contribution in [2.75, 3.05) is 32.7 Å². The minimum atomic E-state index is -3.62. The van der Waals surface area contributed by atoms with E-state index in [1.165, 1.54) is 11.6 Å². The molecule has 3 rings (SSSR count). The zero-order valence-corrected chi connectivity index (χ0v) is 18.7. The number of benzene rings is 2. The number of sulfonamides is 1. The molecule has 1 heterocycles. The number of carbonyl (C=O) groups is 1. The summed E-state index contributed by atoms with van der Waals surface area (Å²) in [5.41, 5.74) is 1.27. The first-order chi connectivity index (χ1) is 13.9. The summed E-state index contributed by atoms with van der Waals surface area (Å²) in [5, 5.41) is 0. The third kappa shape index (κ3) is 6.64. The number of rotatable bonds is 7. The van der Waals surface area contributed by atoms with Gasteiger partial charge in [-0.05, 0) is 30.2 Å². The van der Waals surface area contributed by atoms with Gasteiger partial charge in [0.15, 0.2) is 0 Å². The Morgan fingerprint density at radius 2 is 1.79 bits per heavy atom. The van der Waals surface area contributed by atoms with E-state index < -0.39 is 10.0 Å². The Bertz CT molecular complexity index is 922. The zero-order chi connectivity index (χ0) is 20.7. The maximum atomic E-state index is 12.6. The summed E-state index contributed by atoms with van der Waals surface area (Å²) < 4.78 is 27.9. The molecule has 0 spiro atoms. The van der Waals surface area contributed by atoms with E-state index in [4.69, 9.17) is 0 Å². The van der Waals surface area contributed by atoms with Gasteiger partial charge in [-0.1, -0.05) is 52.3 Å². The lowest BCUT2D eigenvalue weighted by Gasteiger charge is -2.22. The molecule has 0 bridgehead atoms. The number of carbonyl (C=O) groups excluding carboxylic acids is 1. The van der Waals surface area contributed by atoms with Crippen LogP contribution in [0.2, 0.25) is 0 Å². The number of amides is 1. The summed E-state index contributed by atoms with van der Waals surface area (Å²) in [5.74, 6) is -0.0106. The van der Waals surface area contributed by atoms with Crippen LogP contribution in [0.25, 0.3) is 0 Å². The molecule has 6 nitrogen and oxygen atoms in total. The molecule has 1 N–H and O–H groups in total. The Balaban J connectivity index is 1.46. The summed E-state index contributed by atoms with van der Waals surface area (Å²) >= 11 is 3.27. The number of hydrogen-bond donors (Lipinski definition) is 1. The van der Waals surface area contributed by atoms with E-state index in [9.17, 15) is 13.2 Å². The summed E-state index contributed by atoms with van der Waals surface area (Å²) in [6, 6.07) is 16.8. The highest BCUT2D eigenvalue weighted by Crippen LogP contribution is 2.16. The smallest absolute Gasteiger partial charge is 0.240 e. The van der Waals surface area contributed by atoms with Crippen molar-refractivity contribution in [2.24, 2.45) is 0 Å². The second-order valence-electron chi connectivity index (χ2n) is 7.10. The first-order valence-corrected chi connectivity index (χ1v) is 12.0. The van der Waals surface area contributed by atoms with Gasteiger partial charge in [-0.25, -0.2) is 13.1 Å². The van der Waals surface area contributed by atoms with E-state index in [1.54, 1.807) is 18.2 Å². The van der Waals surface area contributed by atoms with Crippen LogP contribution in [0, 0.1) is 0 Å². The van der Waals surface area contributed by atoms with Crippen molar-refractivity contribution in [1.29, 1.82) is 0 Å². The third-order valence-corrected chi connectivity index (χ3v) is 6.88. The molecule has 1 aliphatic heterocycles. The van der Waals surface area contributed by atoms with Crippen LogP contribution < -0.4 is 4.72 Å². The molecule has 1 fully saturated rings. The summed E-state index contributed by atoms with van der Waals surface area (Å²) in [7, 11) is -3.62. The maximum absolute atomic E-state index is 12.6. The topological polar surface area (TPSA) is 69.7 Å². The Hall–Kier alpha value is -1.74. The van der Waals surface area contributed by atoms with Gasteiger partial charge < -0.3 is 4.90 Å². The third-order valence-electron chi connectivity index (χ3n) is 4.93. The Labute approximate surface area is 181 Å². The van der Waals surface area contributed by atoms with Gasteiger partial charge in [0.1, 0.15) is 0 Å². The van der Waals surface area contributed by atoms with Gasteiger partial charge in [-0.15, -0.1) is 0 Å². The summed E-state index contributed by atoms with van der Waals surface area (Å²) in [4.78, 5) is 16.9. The van der Waals surface area contributed by atoms with Crippen LogP contribution in [-0.4, -0.2) is 56.8 Å². The number of halogens is 1. The Morgan fingerprint density at radius 3 is 2.55 bits per heavy atom. The molecule has 0 unspecified atom stereocenters. The summed E-state index contributed by atoms with van der Waals surface area (Å²) in [6.07, 6.45) is 1.08. The predicted molar refractivity (Wildman–Crippen MR) is 117 cm³/mol. The molecular weight excluding hydrogens is 454 g/mol. The van der Waals surface area contributed by atoms with Crippen LogP contribution in [0.5, 0.6) is 0 Å².